The van der Waals surface area contributed by atoms with E-state index in [2.05, 4.69) is 20.7 Å². The van der Waals surface area contributed by atoms with Crippen molar-refractivity contribution in [3.05, 3.63) is 26.7 Å². The molecule has 0 heterocycles. The van der Waals surface area contributed by atoms with Crippen LogP contribution in [0.15, 0.2) is 21.5 Å². The Hall–Kier alpha value is 0.190. The number of sulfonamides is 1. The Balaban J connectivity index is 2.34. The second kappa shape index (κ2) is 5.29. The van der Waals surface area contributed by atoms with E-state index in [0.717, 1.165) is 12.8 Å². The first-order chi connectivity index (χ1) is 8.31. The fraction of sp³-hybridized carbons (Fsp3) is 0.455. The van der Waals surface area contributed by atoms with Crippen molar-refractivity contribution in [1.82, 2.24) is 4.72 Å². The van der Waals surface area contributed by atoms with Crippen LogP contribution in [0.25, 0.3) is 0 Å². The van der Waals surface area contributed by atoms with Gasteiger partial charge in [-0.15, -0.1) is 0 Å². The largest absolute Gasteiger partial charge is 0.243 e. The Morgan fingerprint density at radius 1 is 1.33 bits per heavy atom. The van der Waals surface area contributed by atoms with Crippen LogP contribution in [0.3, 0.4) is 0 Å². The minimum Gasteiger partial charge on any atom is -0.208 e. The molecule has 1 saturated carbocycles. The lowest BCUT2D eigenvalue weighted by Gasteiger charge is -2.15. The average Bonchev–Trinajstić information content (AvgIpc) is 2.95. The molecule has 0 spiro atoms. The molecule has 0 aromatic heterocycles. The molecule has 1 unspecified atom stereocenters. The van der Waals surface area contributed by atoms with Crippen LogP contribution in [0.2, 0.25) is 10.0 Å². The van der Waals surface area contributed by atoms with Gasteiger partial charge in [0.25, 0.3) is 0 Å². The van der Waals surface area contributed by atoms with Gasteiger partial charge in [0.2, 0.25) is 10.0 Å². The summed E-state index contributed by atoms with van der Waals surface area (Å²) in [6.07, 6.45) is 2.12. The lowest BCUT2D eigenvalue weighted by Crippen LogP contribution is -2.34. The summed E-state index contributed by atoms with van der Waals surface area (Å²) in [4.78, 5) is -0.0541. The van der Waals surface area contributed by atoms with Crippen molar-refractivity contribution in [3.63, 3.8) is 0 Å². The standard InChI is InChI=1S/C11H12BrCl2NO2S/c1-6(7-2-3-7)15-18(16,17)11-9(13)4-8(12)5-10(11)14/h4-7,15H,2-3H2,1H3. The van der Waals surface area contributed by atoms with Crippen molar-refractivity contribution < 1.29 is 8.42 Å². The summed E-state index contributed by atoms with van der Waals surface area (Å²) in [7, 11) is -3.68. The smallest absolute Gasteiger partial charge is 0.208 e. The Morgan fingerprint density at radius 3 is 2.28 bits per heavy atom. The lowest BCUT2D eigenvalue weighted by molar-refractivity contribution is 0.538. The van der Waals surface area contributed by atoms with Crippen LogP contribution >= 0.6 is 39.1 Å². The van der Waals surface area contributed by atoms with E-state index in [1.165, 1.54) is 12.1 Å². The highest BCUT2D eigenvalue weighted by molar-refractivity contribution is 9.10. The highest BCUT2D eigenvalue weighted by Gasteiger charge is 2.32. The number of halogens is 3. The normalized spacial score (nSPS) is 17.8. The molecule has 0 amide bonds. The maximum atomic E-state index is 12.2. The first kappa shape index (κ1) is 14.6. The summed E-state index contributed by atoms with van der Waals surface area (Å²) in [6, 6.07) is 2.94. The maximum Gasteiger partial charge on any atom is 0.243 e. The zero-order valence-corrected chi connectivity index (χ0v) is 13.5. The molecule has 0 radical (unpaired) electrons. The molecule has 100 valence electrons. The van der Waals surface area contributed by atoms with Gasteiger partial charge in [-0.3, -0.25) is 0 Å². The second-order valence-electron chi connectivity index (χ2n) is 4.45. The van der Waals surface area contributed by atoms with Gasteiger partial charge in [-0.1, -0.05) is 39.1 Å². The molecule has 1 aromatic rings. The van der Waals surface area contributed by atoms with Crippen molar-refractivity contribution in [2.75, 3.05) is 0 Å². The van der Waals surface area contributed by atoms with Crippen molar-refractivity contribution in [3.8, 4) is 0 Å². The van der Waals surface area contributed by atoms with Gasteiger partial charge < -0.3 is 0 Å². The van der Waals surface area contributed by atoms with E-state index in [1.54, 1.807) is 0 Å². The molecule has 1 N–H and O–H groups in total. The first-order valence-corrected chi connectivity index (χ1v) is 8.51. The molecule has 1 fully saturated rings. The number of hydrogen-bond acceptors (Lipinski definition) is 2. The van der Waals surface area contributed by atoms with Crippen molar-refractivity contribution in [1.29, 1.82) is 0 Å². The van der Waals surface area contributed by atoms with Gasteiger partial charge in [-0.25, -0.2) is 13.1 Å². The minimum atomic E-state index is -3.68. The molecule has 3 nitrogen and oxygen atoms in total. The van der Waals surface area contributed by atoms with Gasteiger partial charge in [0, 0.05) is 10.5 Å². The van der Waals surface area contributed by atoms with E-state index in [0.29, 0.717) is 10.4 Å². The third-order valence-corrected chi connectivity index (χ3v) is 5.84. The summed E-state index contributed by atoms with van der Waals surface area (Å²) in [5.41, 5.74) is 0. The van der Waals surface area contributed by atoms with E-state index < -0.39 is 10.0 Å². The number of rotatable bonds is 4. The molecule has 1 aliphatic carbocycles. The van der Waals surface area contributed by atoms with E-state index in [9.17, 15) is 8.42 Å². The molecule has 1 aromatic carbocycles. The van der Waals surface area contributed by atoms with Crippen molar-refractivity contribution in [2.45, 2.75) is 30.7 Å². The number of nitrogens with one attached hydrogen (secondary N) is 1. The third kappa shape index (κ3) is 3.20. The minimum absolute atomic E-state index is 0.0541. The average molecular weight is 373 g/mol. The van der Waals surface area contributed by atoms with Crippen LogP contribution < -0.4 is 4.72 Å². The second-order valence-corrected chi connectivity index (χ2v) is 7.83. The highest BCUT2D eigenvalue weighted by atomic mass is 79.9. The topological polar surface area (TPSA) is 46.2 Å². The molecule has 0 saturated heterocycles. The molecule has 0 bridgehead atoms. The Kier molecular flexibility index (Phi) is 4.29. The summed E-state index contributed by atoms with van der Waals surface area (Å²) in [6.45, 7) is 1.86. The molecule has 2 rings (SSSR count). The summed E-state index contributed by atoms with van der Waals surface area (Å²) in [5, 5.41) is 0.231. The summed E-state index contributed by atoms with van der Waals surface area (Å²) in [5.74, 6) is 0.424. The van der Waals surface area contributed by atoms with Crippen LogP contribution in [0.1, 0.15) is 19.8 Å². The fourth-order valence-corrected chi connectivity index (χ4v) is 5.03. The van der Waals surface area contributed by atoms with Crippen LogP contribution in [-0.2, 0) is 10.0 Å². The maximum absolute atomic E-state index is 12.2. The van der Waals surface area contributed by atoms with Crippen LogP contribution in [0, 0.1) is 5.92 Å². The predicted molar refractivity (Wildman–Crippen MR) is 76.7 cm³/mol. The molecule has 1 aliphatic rings. The monoisotopic (exact) mass is 371 g/mol. The molecule has 0 aliphatic heterocycles. The molecule has 1 atom stereocenters. The number of benzene rings is 1. The van der Waals surface area contributed by atoms with Crippen LogP contribution in [0.4, 0.5) is 0 Å². The SMILES string of the molecule is CC(NS(=O)(=O)c1c(Cl)cc(Br)cc1Cl)C1CC1. The predicted octanol–water partition coefficient (Wildman–Crippen LogP) is 3.83. The fourth-order valence-electron chi connectivity index (χ4n) is 1.78. The number of hydrogen-bond donors (Lipinski definition) is 1. The van der Waals surface area contributed by atoms with Gasteiger partial charge >= 0.3 is 0 Å². The van der Waals surface area contributed by atoms with Gasteiger partial charge in [0.1, 0.15) is 4.90 Å². The Morgan fingerprint density at radius 2 is 1.83 bits per heavy atom. The molecule has 18 heavy (non-hydrogen) atoms. The molecule has 7 heteroatoms. The van der Waals surface area contributed by atoms with E-state index in [-0.39, 0.29) is 21.0 Å². The van der Waals surface area contributed by atoms with Crippen molar-refractivity contribution >= 4 is 49.2 Å². The lowest BCUT2D eigenvalue weighted by atomic mass is 10.2. The third-order valence-electron chi connectivity index (χ3n) is 2.90. The summed E-state index contributed by atoms with van der Waals surface area (Å²) < 4.78 is 27.7. The molecular formula is C11H12BrCl2NO2S. The van der Waals surface area contributed by atoms with E-state index >= 15 is 0 Å². The van der Waals surface area contributed by atoms with E-state index in [4.69, 9.17) is 23.2 Å². The van der Waals surface area contributed by atoms with Crippen LogP contribution in [0.5, 0.6) is 0 Å². The highest BCUT2D eigenvalue weighted by Crippen LogP contribution is 2.36. The zero-order chi connectivity index (χ0) is 13.5. The molecular weight excluding hydrogens is 361 g/mol. The van der Waals surface area contributed by atoms with Crippen molar-refractivity contribution in [2.24, 2.45) is 5.92 Å². The Bertz CT molecular complexity index is 549. The van der Waals surface area contributed by atoms with Gasteiger partial charge in [0.05, 0.1) is 10.0 Å². The van der Waals surface area contributed by atoms with Crippen LogP contribution in [-0.4, -0.2) is 14.5 Å². The van der Waals surface area contributed by atoms with Gasteiger partial charge in [0.15, 0.2) is 0 Å². The Labute approximate surface area is 125 Å². The quantitative estimate of drug-likeness (QED) is 0.872. The van der Waals surface area contributed by atoms with Gasteiger partial charge in [-0.05, 0) is 37.8 Å². The van der Waals surface area contributed by atoms with E-state index in [1.807, 2.05) is 6.92 Å². The van der Waals surface area contributed by atoms with Gasteiger partial charge in [-0.2, -0.15) is 0 Å². The summed E-state index contributed by atoms with van der Waals surface area (Å²) >= 11 is 15.1. The first-order valence-electron chi connectivity index (χ1n) is 5.48. The zero-order valence-electron chi connectivity index (χ0n) is 9.58.